The number of thiophene rings is 1. The summed E-state index contributed by atoms with van der Waals surface area (Å²) in [7, 11) is -3.90. The van der Waals surface area contributed by atoms with Gasteiger partial charge in [0.05, 0.1) is 0 Å². The van der Waals surface area contributed by atoms with Crippen molar-refractivity contribution in [3.8, 4) is 0 Å². The first-order valence-corrected chi connectivity index (χ1v) is 10.1. The van der Waals surface area contributed by atoms with Crippen LogP contribution < -0.4 is 5.11 Å². The SMILES string of the molecule is Cc1noc(C=Cc2cccs2)c1S(=O)(=O)N1CCCC(C(=O)[O-])C1. The van der Waals surface area contributed by atoms with E-state index in [0.717, 1.165) is 4.88 Å². The zero-order valence-electron chi connectivity index (χ0n) is 13.5. The van der Waals surface area contributed by atoms with E-state index in [1.54, 1.807) is 19.1 Å². The van der Waals surface area contributed by atoms with Crippen molar-refractivity contribution in [1.82, 2.24) is 9.46 Å². The van der Waals surface area contributed by atoms with Crippen molar-refractivity contribution in [1.29, 1.82) is 0 Å². The highest BCUT2D eigenvalue weighted by Gasteiger charge is 2.35. The van der Waals surface area contributed by atoms with Crippen LogP contribution in [0, 0.1) is 12.8 Å². The largest absolute Gasteiger partial charge is 0.550 e. The topological polar surface area (TPSA) is 104 Å². The maximum atomic E-state index is 13.0. The molecule has 1 aliphatic rings. The summed E-state index contributed by atoms with van der Waals surface area (Å²) < 4.78 is 32.4. The average molecular weight is 381 g/mol. The lowest BCUT2D eigenvalue weighted by Crippen LogP contribution is -2.46. The maximum Gasteiger partial charge on any atom is 0.248 e. The van der Waals surface area contributed by atoms with Gasteiger partial charge in [0.15, 0.2) is 10.7 Å². The number of hydrogen-bond acceptors (Lipinski definition) is 7. The minimum absolute atomic E-state index is 0.0145. The summed E-state index contributed by atoms with van der Waals surface area (Å²) in [5.74, 6) is -1.88. The number of carbonyl (C=O) groups is 1. The van der Waals surface area contributed by atoms with Gasteiger partial charge in [-0.05, 0) is 43.4 Å². The lowest BCUT2D eigenvalue weighted by atomic mass is 10.0. The number of rotatable bonds is 5. The predicted octanol–water partition coefficient (Wildman–Crippen LogP) is 1.37. The zero-order valence-corrected chi connectivity index (χ0v) is 15.2. The molecule has 0 spiro atoms. The molecule has 0 saturated carbocycles. The van der Waals surface area contributed by atoms with Crippen LogP contribution in [0.1, 0.15) is 29.2 Å². The van der Waals surface area contributed by atoms with Crippen molar-refractivity contribution in [2.75, 3.05) is 13.1 Å². The van der Waals surface area contributed by atoms with Gasteiger partial charge < -0.3 is 14.4 Å². The molecule has 0 N–H and O–H groups in total. The minimum Gasteiger partial charge on any atom is -0.550 e. The molecule has 0 aromatic carbocycles. The Morgan fingerprint density at radius 3 is 2.96 bits per heavy atom. The third-order valence-corrected chi connectivity index (χ3v) is 6.95. The number of sulfonamides is 1. The molecular weight excluding hydrogens is 364 g/mol. The number of carbonyl (C=O) groups excluding carboxylic acids is 1. The van der Waals surface area contributed by atoms with Gasteiger partial charge in [-0.15, -0.1) is 11.3 Å². The molecule has 3 rings (SSSR count). The van der Waals surface area contributed by atoms with Gasteiger partial charge in [-0.3, -0.25) is 0 Å². The van der Waals surface area contributed by atoms with Gasteiger partial charge in [0, 0.05) is 29.9 Å². The second-order valence-corrected chi connectivity index (χ2v) is 8.69. The number of hydrogen-bond donors (Lipinski definition) is 0. The Hall–Kier alpha value is -1.97. The molecule has 0 amide bonds. The van der Waals surface area contributed by atoms with E-state index in [2.05, 4.69) is 5.16 Å². The summed E-state index contributed by atoms with van der Waals surface area (Å²) in [5, 5.41) is 16.8. The van der Waals surface area contributed by atoms with E-state index in [0.29, 0.717) is 12.8 Å². The Balaban J connectivity index is 1.92. The third kappa shape index (κ3) is 3.68. The molecule has 0 radical (unpaired) electrons. The first-order chi connectivity index (χ1) is 11.9. The van der Waals surface area contributed by atoms with E-state index in [9.17, 15) is 18.3 Å². The molecule has 25 heavy (non-hydrogen) atoms. The van der Waals surface area contributed by atoms with Crippen LogP contribution in [0.4, 0.5) is 0 Å². The minimum atomic E-state index is -3.90. The lowest BCUT2D eigenvalue weighted by molar-refractivity contribution is -0.312. The second-order valence-electron chi connectivity index (χ2n) is 5.83. The molecule has 2 aromatic heterocycles. The number of aryl methyl sites for hydroxylation is 1. The van der Waals surface area contributed by atoms with Crippen molar-refractivity contribution in [2.24, 2.45) is 5.92 Å². The summed E-state index contributed by atoms with van der Waals surface area (Å²) in [4.78, 5) is 12.0. The van der Waals surface area contributed by atoms with Crippen LogP contribution in [0.3, 0.4) is 0 Å². The highest BCUT2D eigenvalue weighted by atomic mass is 32.2. The zero-order chi connectivity index (χ0) is 18.0. The Labute approximate surface area is 149 Å². The quantitative estimate of drug-likeness (QED) is 0.775. The highest BCUT2D eigenvalue weighted by Crippen LogP contribution is 2.29. The molecule has 1 aliphatic heterocycles. The van der Waals surface area contributed by atoms with E-state index < -0.39 is 21.9 Å². The van der Waals surface area contributed by atoms with Crippen LogP contribution in [0.15, 0.2) is 26.9 Å². The third-order valence-electron chi connectivity index (χ3n) is 4.09. The standard InChI is InChI=1S/C16H18N2O5S2/c1-11-15(14(23-17-11)7-6-13-5-3-9-24-13)25(21,22)18-8-2-4-12(10-18)16(19)20/h3,5-7,9,12H,2,4,8,10H2,1H3,(H,19,20)/p-1. The van der Waals surface area contributed by atoms with Gasteiger partial charge in [-0.2, -0.15) is 4.31 Å². The molecule has 7 nitrogen and oxygen atoms in total. The molecule has 1 atom stereocenters. The number of aliphatic carboxylic acids is 1. The van der Waals surface area contributed by atoms with Crippen LogP contribution >= 0.6 is 11.3 Å². The number of carboxylic acid groups (broad SMARTS) is 1. The lowest BCUT2D eigenvalue weighted by Gasteiger charge is -2.32. The predicted molar refractivity (Wildman–Crippen MR) is 91.0 cm³/mol. The first-order valence-electron chi connectivity index (χ1n) is 7.78. The van der Waals surface area contributed by atoms with Gasteiger partial charge in [-0.1, -0.05) is 11.2 Å². The van der Waals surface area contributed by atoms with E-state index in [1.807, 2.05) is 17.5 Å². The fraction of sp³-hybridized carbons (Fsp3) is 0.375. The van der Waals surface area contributed by atoms with E-state index >= 15 is 0 Å². The fourth-order valence-electron chi connectivity index (χ4n) is 2.82. The number of nitrogens with zero attached hydrogens (tertiary/aromatic N) is 2. The molecular formula is C16H17N2O5S2-. The summed E-state index contributed by atoms with van der Waals surface area (Å²) in [6.07, 6.45) is 4.22. The number of piperidine rings is 1. The molecule has 0 aliphatic carbocycles. The Kier molecular flexibility index (Phi) is 5.07. The van der Waals surface area contributed by atoms with Crippen LogP contribution in [0.25, 0.3) is 12.2 Å². The molecule has 1 saturated heterocycles. The van der Waals surface area contributed by atoms with Crippen molar-refractivity contribution in [3.05, 3.63) is 33.8 Å². The molecule has 1 unspecified atom stereocenters. The van der Waals surface area contributed by atoms with Crippen LogP contribution in [0.2, 0.25) is 0 Å². The van der Waals surface area contributed by atoms with E-state index in [4.69, 9.17) is 4.52 Å². The van der Waals surface area contributed by atoms with Crippen molar-refractivity contribution >= 4 is 39.5 Å². The van der Waals surface area contributed by atoms with Crippen molar-refractivity contribution in [3.63, 3.8) is 0 Å². The Morgan fingerprint density at radius 2 is 2.28 bits per heavy atom. The molecule has 3 heterocycles. The molecule has 2 aromatic rings. The second kappa shape index (κ2) is 7.11. The molecule has 0 bridgehead atoms. The van der Waals surface area contributed by atoms with Gasteiger partial charge in [0.25, 0.3) is 0 Å². The monoisotopic (exact) mass is 381 g/mol. The average Bonchev–Trinajstić information content (AvgIpc) is 3.22. The normalized spacial score (nSPS) is 19.5. The van der Waals surface area contributed by atoms with E-state index in [-0.39, 0.29) is 29.4 Å². The molecule has 9 heteroatoms. The Morgan fingerprint density at radius 1 is 1.48 bits per heavy atom. The Bertz CT molecular complexity index is 884. The van der Waals surface area contributed by atoms with Gasteiger partial charge >= 0.3 is 0 Å². The number of aromatic nitrogens is 1. The fourth-order valence-corrected chi connectivity index (χ4v) is 5.22. The summed E-state index contributed by atoms with van der Waals surface area (Å²) in [5.41, 5.74) is 0.251. The highest BCUT2D eigenvalue weighted by molar-refractivity contribution is 7.89. The molecule has 1 fully saturated rings. The van der Waals surface area contributed by atoms with Crippen LogP contribution in [0.5, 0.6) is 0 Å². The van der Waals surface area contributed by atoms with Gasteiger partial charge in [0.2, 0.25) is 10.0 Å². The van der Waals surface area contributed by atoms with E-state index in [1.165, 1.54) is 15.6 Å². The summed E-state index contributed by atoms with van der Waals surface area (Å²) >= 11 is 1.51. The van der Waals surface area contributed by atoms with Crippen molar-refractivity contribution < 1.29 is 22.8 Å². The van der Waals surface area contributed by atoms with Crippen LogP contribution in [-0.2, 0) is 14.8 Å². The smallest absolute Gasteiger partial charge is 0.248 e. The maximum absolute atomic E-state index is 13.0. The van der Waals surface area contributed by atoms with Gasteiger partial charge in [-0.25, -0.2) is 8.42 Å². The number of carboxylic acids is 1. The summed E-state index contributed by atoms with van der Waals surface area (Å²) in [6, 6.07) is 3.79. The van der Waals surface area contributed by atoms with Crippen molar-refractivity contribution in [2.45, 2.75) is 24.7 Å². The molecule has 134 valence electrons. The first kappa shape index (κ1) is 17.8. The van der Waals surface area contributed by atoms with Gasteiger partial charge in [0.1, 0.15) is 5.69 Å². The van der Waals surface area contributed by atoms with Crippen LogP contribution in [-0.4, -0.2) is 36.9 Å². The summed E-state index contributed by atoms with van der Waals surface area (Å²) in [6.45, 7) is 1.73.